The van der Waals surface area contributed by atoms with Crippen molar-refractivity contribution < 1.29 is 8.42 Å². The van der Waals surface area contributed by atoms with Gasteiger partial charge < -0.3 is 0 Å². The average molecular weight is 207 g/mol. The zero-order valence-electron chi connectivity index (χ0n) is 7.64. The maximum atomic E-state index is 10.8. The van der Waals surface area contributed by atoms with Gasteiger partial charge in [-0.15, -0.1) is 0 Å². The Kier molecular flexibility index (Phi) is 3.05. The molecule has 4 heteroatoms. The van der Waals surface area contributed by atoms with Crippen molar-refractivity contribution in [2.24, 2.45) is 0 Å². The van der Waals surface area contributed by atoms with E-state index in [0.29, 0.717) is 11.1 Å². The summed E-state index contributed by atoms with van der Waals surface area (Å²) in [6.07, 6.45) is 2.53. The highest BCUT2D eigenvalue weighted by molar-refractivity contribution is 7.93. The van der Waals surface area contributed by atoms with Gasteiger partial charge in [0, 0.05) is 11.7 Å². The smallest absolute Gasteiger partial charge is 0.168 e. The lowest BCUT2D eigenvalue weighted by molar-refractivity contribution is 0.610. The van der Waals surface area contributed by atoms with Crippen molar-refractivity contribution in [1.82, 2.24) is 0 Å². The van der Waals surface area contributed by atoms with Crippen LogP contribution >= 0.6 is 0 Å². The third kappa shape index (κ3) is 3.04. The topological polar surface area (TPSA) is 57.9 Å². The van der Waals surface area contributed by atoms with Gasteiger partial charge in [-0.3, -0.25) is 0 Å². The molecule has 0 aliphatic carbocycles. The van der Waals surface area contributed by atoms with Crippen molar-refractivity contribution in [2.75, 3.05) is 6.26 Å². The predicted octanol–water partition coefficient (Wildman–Crippen LogP) is 1.57. The molecule has 0 radical (unpaired) electrons. The molecular formula is C10H9NO2S. The molecule has 1 aromatic rings. The number of rotatable bonds is 2. The summed E-state index contributed by atoms with van der Waals surface area (Å²) in [5, 5.41) is 9.80. The minimum absolute atomic E-state index is 0.465. The van der Waals surface area contributed by atoms with Crippen molar-refractivity contribution in [3.8, 4) is 6.07 Å². The first kappa shape index (κ1) is 10.5. The molecule has 0 aliphatic heterocycles. The zero-order chi connectivity index (χ0) is 10.6. The molecule has 0 saturated carbocycles. The summed E-state index contributed by atoms with van der Waals surface area (Å²) in [4.78, 5) is 0. The van der Waals surface area contributed by atoms with E-state index in [0.717, 1.165) is 11.7 Å². The SMILES string of the molecule is CS(=O)(=O)/C=C/c1ccccc1C#N. The van der Waals surface area contributed by atoms with Gasteiger partial charge in [0.15, 0.2) is 9.84 Å². The summed E-state index contributed by atoms with van der Waals surface area (Å²) in [6, 6.07) is 8.81. The molecule has 3 nitrogen and oxygen atoms in total. The summed E-state index contributed by atoms with van der Waals surface area (Å²) >= 11 is 0. The highest BCUT2D eigenvalue weighted by Gasteiger charge is 1.98. The Morgan fingerprint density at radius 1 is 1.36 bits per heavy atom. The van der Waals surface area contributed by atoms with Crippen LogP contribution < -0.4 is 0 Å². The van der Waals surface area contributed by atoms with Crippen LogP contribution in [0.2, 0.25) is 0 Å². The van der Waals surface area contributed by atoms with Gasteiger partial charge in [-0.2, -0.15) is 5.26 Å². The predicted molar refractivity (Wildman–Crippen MR) is 55.0 cm³/mol. The number of sulfone groups is 1. The van der Waals surface area contributed by atoms with Crippen molar-refractivity contribution in [1.29, 1.82) is 5.26 Å². The number of benzene rings is 1. The Hall–Kier alpha value is -1.60. The Labute approximate surface area is 83.2 Å². The van der Waals surface area contributed by atoms with Gasteiger partial charge in [0.2, 0.25) is 0 Å². The summed E-state index contributed by atoms with van der Waals surface area (Å²) in [5.41, 5.74) is 1.08. The molecule has 0 spiro atoms. The minimum atomic E-state index is -3.14. The lowest BCUT2D eigenvalue weighted by Gasteiger charge is -1.95. The summed E-state index contributed by atoms with van der Waals surface area (Å²) in [6.45, 7) is 0. The van der Waals surface area contributed by atoms with Crippen molar-refractivity contribution in [3.63, 3.8) is 0 Å². The van der Waals surface area contributed by atoms with Gasteiger partial charge in [0.05, 0.1) is 11.6 Å². The maximum Gasteiger partial charge on any atom is 0.168 e. The lowest BCUT2D eigenvalue weighted by atomic mass is 10.1. The normalized spacial score (nSPS) is 11.4. The largest absolute Gasteiger partial charge is 0.225 e. The van der Waals surface area contributed by atoms with Gasteiger partial charge in [-0.1, -0.05) is 18.2 Å². The molecule has 0 aliphatic rings. The van der Waals surface area contributed by atoms with E-state index >= 15 is 0 Å². The molecule has 1 aromatic carbocycles. The van der Waals surface area contributed by atoms with Crippen LogP contribution in [-0.2, 0) is 9.84 Å². The molecule has 0 bridgehead atoms. The third-order valence-electron chi connectivity index (χ3n) is 1.58. The van der Waals surface area contributed by atoms with Crippen molar-refractivity contribution in [3.05, 3.63) is 40.8 Å². The molecule has 0 unspecified atom stereocenters. The van der Waals surface area contributed by atoms with Crippen molar-refractivity contribution in [2.45, 2.75) is 0 Å². The van der Waals surface area contributed by atoms with E-state index in [2.05, 4.69) is 0 Å². The monoisotopic (exact) mass is 207 g/mol. The zero-order valence-corrected chi connectivity index (χ0v) is 8.45. The Morgan fingerprint density at radius 3 is 2.57 bits per heavy atom. The van der Waals surface area contributed by atoms with E-state index in [1.807, 2.05) is 6.07 Å². The molecule has 72 valence electrons. The molecule has 0 aromatic heterocycles. The van der Waals surface area contributed by atoms with Crippen LogP contribution in [0.5, 0.6) is 0 Å². The maximum absolute atomic E-state index is 10.8. The van der Waals surface area contributed by atoms with Crippen LogP contribution in [0, 0.1) is 11.3 Å². The van der Waals surface area contributed by atoms with Crippen LogP contribution in [0.15, 0.2) is 29.7 Å². The quantitative estimate of drug-likeness (QED) is 0.739. The summed E-state index contributed by atoms with van der Waals surface area (Å²) in [5.74, 6) is 0. The van der Waals surface area contributed by atoms with Gasteiger partial charge in [-0.05, 0) is 17.7 Å². The van der Waals surface area contributed by atoms with E-state index in [1.54, 1.807) is 24.3 Å². The number of nitrogens with zero attached hydrogens (tertiary/aromatic N) is 1. The molecule has 0 saturated heterocycles. The second-order valence-electron chi connectivity index (χ2n) is 2.83. The highest BCUT2D eigenvalue weighted by atomic mass is 32.2. The first-order chi connectivity index (χ1) is 6.53. The van der Waals surface area contributed by atoms with Gasteiger partial charge >= 0.3 is 0 Å². The molecule has 0 N–H and O–H groups in total. The third-order valence-corrected chi connectivity index (χ3v) is 2.21. The van der Waals surface area contributed by atoms with Crippen molar-refractivity contribution >= 4 is 15.9 Å². The van der Waals surface area contributed by atoms with Gasteiger partial charge in [0.1, 0.15) is 0 Å². The van der Waals surface area contributed by atoms with Crippen LogP contribution in [0.4, 0.5) is 0 Å². The molecular weight excluding hydrogens is 198 g/mol. The molecule has 1 rings (SSSR count). The first-order valence-electron chi connectivity index (χ1n) is 3.90. The average Bonchev–Trinajstić information content (AvgIpc) is 2.14. The fourth-order valence-electron chi connectivity index (χ4n) is 0.941. The Morgan fingerprint density at radius 2 is 2.00 bits per heavy atom. The van der Waals surface area contributed by atoms with Crippen LogP contribution in [0.25, 0.3) is 6.08 Å². The fourth-order valence-corrected chi connectivity index (χ4v) is 1.33. The summed E-state index contributed by atoms with van der Waals surface area (Å²) < 4.78 is 21.7. The van der Waals surface area contributed by atoms with Gasteiger partial charge in [-0.25, -0.2) is 8.42 Å². The van der Waals surface area contributed by atoms with Crippen LogP contribution in [-0.4, -0.2) is 14.7 Å². The second-order valence-corrected chi connectivity index (χ2v) is 4.76. The number of hydrogen-bond donors (Lipinski definition) is 0. The second kappa shape index (κ2) is 4.07. The highest BCUT2D eigenvalue weighted by Crippen LogP contribution is 2.09. The van der Waals surface area contributed by atoms with E-state index in [4.69, 9.17) is 5.26 Å². The fraction of sp³-hybridized carbons (Fsp3) is 0.100. The van der Waals surface area contributed by atoms with Crippen LogP contribution in [0.1, 0.15) is 11.1 Å². The first-order valence-corrected chi connectivity index (χ1v) is 5.85. The minimum Gasteiger partial charge on any atom is -0.225 e. The molecule has 0 heterocycles. The molecule has 14 heavy (non-hydrogen) atoms. The number of hydrogen-bond acceptors (Lipinski definition) is 3. The van der Waals surface area contributed by atoms with Gasteiger partial charge in [0.25, 0.3) is 0 Å². The summed E-state index contributed by atoms with van der Waals surface area (Å²) in [7, 11) is -3.14. The van der Waals surface area contributed by atoms with E-state index < -0.39 is 9.84 Å². The molecule has 0 fully saturated rings. The van der Waals surface area contributed by atoms with Crippen LogP contribution in [0.3, 0.4) is 0 Å². The Bertz CT molecular complexity index is 495. The molecule has 0 atom stereocenters. The Balaban J connectivity index is 3.11. The standard InChI is InChI=1S/C10H9NO2S/c1-14(12,13)7-6-9-4-2-3-5-10(9)8-11/h2-7H,1H3/b7-6+. The van der Waals surface area contributed by atoms with E-state index in [1.165, 1.54) is 6.08 Å². The van der Waals surface area contributed by atoms with E-state index in [-0.39, 0.29) is 0 Å². The molecule has 0 amide bonds. The van der Waals surface area contributed by atoms with E-state index in [9.17, 15) is 8.42 Å². The number of nitriles is 1. The lowest BCUT2D eigenvalue weighted by Crippen LogP contribution is -1.88.